The van der Waals surface area contributed by atoms with Gasteiger partial charge in [-0.3, -0.25) is 4.79 Å². The largest absolute Gasteiger partial charge is 0.480 e. The van der Waals surface area contributed by atoms with Gasteiger partial charge >= 0.3 is 18.5 Å². The number of likely N-dealkylation sites (tertiary alicyclic amines) is 1. The summed E-state index contributed by atoms with van der Waals surface area (Å²) in [5.74, 6) is -1.83. The van der Waals surface area contributed by atoms with Crippen LogP contribution in [0.15, 0.2) is 53.4 Å². The zero-order valence-corrected chi connectivity index (χ0v) is 19.7. The van der Waals surface area contributed by atoms with E-state index in [1.54, 1.807) is 0 Å². The van der Waals surface area contributed by atoms with Crippen molar-refractivity contribution in [1.82, 2.24) is 4.90 Å². The topological polar surface area (TPSA) is 83.9 Å². The van der Waals surface area contributed by atoms with Gasteiger partial charge in [0.05, 0.1) is 4.90 Å². The normalized spacial score (nSPS) is 16.6. The summed E-state index contributed by atoms with van der Waals surface area (Å²) in [4.78, 5) is 13.9. The van der Waals surface area contributed by atoms with Gasteiger partial charge in [-0.25, -0.2) is 8.42 Å². The minimum Gasteiger partial charge on any atom is -0.480 e. The first-order valence-corrected chi connectivity index (χ1v) is 11.7. The van der Waals surface area contributed by atoms with Crippen LogP contribution in [0, 0.1) is 0 Å². The van der Waals surface area contributed by atoms with Crippen molar-refractivity contribution >= 4 is 28.2 Å². The zero-order valence-electron chi connectivity index (χ0n) is 18.1. The quantitative estimate of drug-likeness (QED) is 0.502. The summed E-state index contributed by atoms with van der Waals surface area (Å²) in [6, 6.07) is 10.4. The van der Waals surface area contributed by atoms with Gasteiger partial charge in [0.25, 0.3) is 0 Å². The summed E-state index contributed by atoms with van der Waals surface area (Å²) in [5.41, 5.74) is 1.02. The molecule has 1 aliphatic rings. The smallest absolute Gasteiger partial charge is 0.461 e. The predicted molar refractivity (Wildman–Crippen MR) is 120 cm³/mol. The number of sulfone groups is 1. The van der Waals surface area contributed by atoms with E-state index in [0.29, 0.717) is 30.8 Å². The molecular formula is C22H24ClF4NO5S. The van der Waals surface area contributed by atoms with Crippen LogP contribution in [0.25, 0.3) is 11.1 Å². The Balaban J connectivity index is 0.00000408. The number of hydrogen-bond acceptors (Lipinski definition) is 5. The fourth-order valence-electron chi connectivity index (χ4n) is 3.80. The molecule has 3 rings (SSSR count). The van der Waals surface area contributed by atoms with Crippen LogP contribution < -0.4 is 4.74 Å². The van der Waals surface area contributed by atoms with Gasteiger partial charge in [0.1, 0.15) is 5.75 Å². The lowest BCUT2D eigenvalue weighted by Crippen LogP contribution is -2.54. The summed E-state index contributed by atoms with van der Waals surface area (Å²) >= 11 is 0. The molecule has 0 atom stereocenters. The summed E-state index contributed by atoms with van der Waals surface area (Å²) < 4.78 is 79.2. The third-order valence-corrected chi connectivity index (χ3v) is 8.38. The van der Waals surface area contributed by atoms with Crippen LogP contribution in [0.1, 0.15) is 19.8 Å². The number of halogens is 5. The number of aliphatic carboxylic acids is 1. The number of carboxylic acids is 1. The second-order valence-corrected chi connectivity index (χ2v) is 10.0. The number of ether oxygens (including phenoxy) is 1. The van der Waals surface area contributed by atoms with Gasteiger partial charge in [-0.2, -0.15) is 17.6 Å². The summed E-state index contributed by atoms with van der Waals surface area (Å²) in [7, 11) is -4.19. The molecule has 1 fully saturated rings. The summed E-state index contributed by atoms with van der Waals surface area (Å²) in [5, 5.41) is 9.81. The second kappa shape index (κ2) is 10.5. The average Bonchev–Trinajstić information content (AvgIpc) is 2.79. The van der Waals surface area contributed by atoms with Crippen molar-refractivity contribution in [1.29, 1.82) is 0 Å². The zero-order chi connectivity index (χ0) is 24.4. The lowest BCUT2D eigenvalue weighted by molar-refractivity contribution is -0.253. The monoisotopic (exact) mass is 525 g/mol. The molecule has 0 unspecified atom stereocenters. The van der Waals surface area contributed by atoms with Crippen LogP contribution in [0.5, 0.6) is 5.75 Å². The Bertz CT molecular complexity index is 1090. The molecule has 1 N–H and O–H groups in total. The molecule has 0 radical (unpaired) electrons. The Labute approximate surface area is 200 Å². The highest BCUT2D eigenvalue weighted by Crippen LogP contribution is 2.37. The van der Waals surface area contributed by atoms with Gasteiger partial charge in [0.15, 0.2) is 14.6 Å². The molecule has 34 heavy (non-hydrogen) atoms. The summed E-state index contributed by atoms with van der Waals surface area (Å²) in [6.45, 7) is 3.34. The highest BCUT2D eigenvalue weighted by Gasteiger charge is 2.53. The maximum absolute atomic E-state index is 13.3. The maximum atomic E-state index is 13.3. The first-order chi connectivity index (χ1) is 15.4. The third kappa shape index (κ3) is 5.31. The minimum absolute atomic E-state index is 0. The minimum atomic E-state index is -4.62. The lowest BCUT2D eigenvalue weighted by Gasteiger charge is -2.37. The SMILES string of the molecule is CCN1CCC(C(=O)O)(S(=O)(=O)c2ccc(-c3ccc(OC(F)(F)C(F)F)cc3)cc2)CC1.Cl. The Kier molecular flexibility index (Phi) is 8.60. The lowest BCUT2D eigenvalue weighted by atomic mass is 9.96. The molecule has 0 aliphatic carbocycles. The molecular weight excluding hydrogens is 502 g/mol. The molecule has 1 heterocycles. The first kappa shape index (κ1) is 27.9. The molecule has 188 valence electrons. The number of carbonyl (C=O) groups is 1. The number of nitrogens with zero attached hydrogens (tertiary/aromatic N) is 1. The Morgan fingerprint density at radius 3 is 1.94 bits per heavy atom. The number of rotatable bonds is 8. The Hall–Kier alpha value is -2.37. The molecule has 0 bridgehead atoms. The van der Waals surface area contributed by atoms with Gasteiger partial charge in [0.2, 0.25) is 0 Å². The van der Waals surface area contributed by atoms with Gasteiger partial charge in [-0.15, -0.1) is 12.4 Å². The fraction of sp³-hybridized carbons (Fsp3) is 0.409. The van der Waals surface area contributed by atoms with Crippen molar-refractivity contribution in [3.8, 4) is 16.9 Å². The van der Waals surface area contributed by atoms with E-state index in [4.69, 9.17) is 0 Å². The highest BCUT2D eigenvalue weighted by molar-refractivity contribution is 7.93. The van der Waals surface area contributed by atoms with Crippen LogP contribution >= 0.6 is 12.4 Å². The van der Waals surface area contributed by atoms with Crippen molar-refractivity contribution in [2.24, 2.45) is 0 Å². The number of carboxylic acid groups (broad SMARTS) is 1. The molecule has 0 spiro atoms. The van der Waals surface area contributed by atoms with Crippen LogP contribution in [-0.4, -0.2) is 61.3 Å². The second-order valence-electron chi connectivity index (χ2n) is 7.75. The van der Waals surface area contributed by atoms with Crippen molar-refractivity contribution in [3.63, 3.8) is 0 Å². The summed E-state index contributed by atoms with van der Waals surface area (Å²) in [6.07, 6.45) is -8.64. The first-order valence-electron chi connectivity index (χ1n) is 10.2. The highest BCUT2D eigenvalue weighted by atomic mass is 35.5. The number of hydrogen-bond donors (Lipinski definition) is 1. The Morgan fingerprint density at radius 2 is 1.53 bits per heavy atom. The van der Waals surface area contributed by atoms with Crippen molar-refractivity contribution < 1.29 is 40.6 Å². The molecule has 1 saturated heterocycles. The molecule has 1 aliphatic heterocycles. The van der Waals surface area contributed by atoms with Crippen LogP contribution in [-0.2, 0) is 14.6 Å². The van der Waals surface area contributed by atoms with Crippen LogP contribution in [0.2, 0.25) is 0 Å². The van der Waals surface area contributed by atoms with Gasteiger partial charge in [-0.1, -0.05) is 31.2 Å². The Morgan fingerprint density at radius 1 is 1.06 bits per heavy atom. The van der Waals surface area contributed by atoms with Gasteiger partial charge < -0.3 is 14.7 Å². The van der Waals surface area contributed by atoms with E-state index >= 15 is 0 Å². The number of benzene rings is 2. The van der Waals surface area contributed by atoms with E-state index in [-0.39, 0.29) is 30.1 Å². The third-order valence-electron chi connectivity index (χ3n) is 5.88. The molecule has 6 nitrogen and oxygen atoms in total. The van der Waals surface area contributed by atoms with Crippen molar-refractivity contribution in [2.75, 3.05) is 19.6 Å². The van der Waals surface area contributed by atoms with E-state index < -0.39 is 38.8 Å². The molecule has 0 amide bonds. The van der Waals surface area contributed by atoms with E-state index in [1.807, 2.05) is 11.8 Å². The van der Waals surface area contributed by atoms with Crippen molar-refractivity contribution in [3.05, 3.63) is 48.5 Å². The number of alkyl halides is 4. The van der Waals surface area contributed by atoms with E-state index in [1.165, 1.54) is 36.4 Å². The van der Waals surface area contributed by atoms with Gasteiger partial charge in [-0.05, 0) is 54.8 Å². The van der Waals surface area contributed by atoms with Crippen LogP contribution in [0.4, 0.5) is 17.6 Å². The molecule has 2 aromatic rings. The van der Waals surface area contributed by atoms with Crippen molar-refractivity contribution in [2.45, 2.75) is 41.9 Å². The molecule has 12 heteroatoms. The van der Waals surface area contributed by atoms with E-state index in [0.717, 1.165) is 12.1 Å². The maximum Gasteiger partial charge on any atom is 0.461 e. The average molecular weight is 526 g/mol. The van der Waals surface area contributed by atoms with Crippen LogP contribution in [0.3, 0.4) is 0 Å². The molecule has 0 aromatic heterocycles. The molecule has 2 aromatic carbocycles. The standard InChI is InChI=1S/C22H23F4NO5S.ClH/c1-2-27-13-11-21(12-14-27,20(28)29)33(30,31)18-9-5-16(6-10-18)15-3-7-17(8-4-15)32-22(25,26)19(23)24;/h3-10,19H,2,11-14H2,1H3,(H,28,29);1H. The predicted octanol–water partition coefficient (Wildman–Crippen LogP) is 4.72. The number of piperidine rings is 1. The molecule has 0 saturated carbocycles. The van der Waals surface area contributed by atoms with E-state index in [9.17, 15) is 35.9 Å². The van der Waals surface area contributed by atoms with E-state index in [2.05, 4.69) is 4.74 Å². The van der Waals surface area contributed by atoms with Gasteiger partial charge in [0, 0.05) is 13.1 Å². The fourth-order valence-corrected chi connectivity index (χ4v) is 5.69.